The fourth-order valence-corrected chi connectivity index (χ4v) is 2.24. The van der Waals surface area contributed by atoms with E-state index in [9.17, 15) is 10.1 Å². The predicted octanol–water partition coefficient (Wildman–Crippen LogP) is 1.82. The molecule has 1 fully saturated rings. The van der Waals surface area contributed by atoms with Crippen molar-refractivity contribution in [2.45, 2.75) is 24.9 Å². The van der Waals surface area contributed by atoms with Gasteiger partial charge in [-0.05, 0) is 12.8 Å². The Morgan fingerprint density at radius 1 is 1.41 bits per heavy atom. The molecule has 2 N–H and O–H groups in total. The van der Waals surface area contributed by atoms with Crippen molar-refractivity contribution in [3.8, 4) is 0 Å². The molecule has 0 radical (unpaired) electrons. The quantitative estimate of drug-likeness (QED) is 0.641. The highest BCUT2D eigenvalue weighted by atomic mass is 16.6. The zero-order chi connectivity index (χ0) is 12.3. The zero-order valence-corrected chi connectivity index (χ0v) is 9.54. The van der Waals surface area contributed by atoms with Crippen LogP contribution < -0.4 is 5.73 Å². The largest absolute Gasteiger partial charge is 0.376 e. The number of nitrogens with zero attached hydrogens (tertiary/aromatic N) is 1. The molecule has 2 atom stereocenters. The number of hydrogen-bond acceptors (Lipinski definition) is 4. The van der Waals surface area contributed by atoms with Crippen molar-refractivity contribution in [3.63, 3.8) is 0 Å². The van der Waals surface area contributed by atoms with E-state index < -0.39 is 0 Å². The van der Waals surface area contributed by atoms with Crippen molar-refractivity contribution in [2.75, 3.05) is 13.2 Å². The highest BCUT2D eigenvalue weighted by Crippen LogP contribution is 2.33. The summed E-state index contributed by atoms with van der Waals surface area (Å²) in [5.41, 5.74) is 6.49. The van der Waals surface area contributed by atoms with Gasteiger partial charge < -0.3 is 10.5 Å². The second kappa shape index (κ2) is 5.25. The summed E-state index contributed by atoms with van der Waals surface area (Å²) in [6, 6.07) is 6.88. The highest BCUT2D eigenvalue weighted by molar-refractivity contribution is 5.42. The second-order valence-corrected chi connectivity index (χ2v) is 4.28. The van der Waals surface area contributed by atoms with Crippen LogP contribution in [0, 0.1) is 10.1 Å². The van der Waals surface area contributed by atoms with E-state index in [0.717, 1.165) is 18.4 Å². The van der Waals surface area contributed by atoms with Gasteiger partial charge in [-0.2, -0.15) is 0 Å². The molecule has 5 nitrogen and oxygen atoms in total. The molecular formula is C12H16N2O3. The smallest absolute Gasteiger partial charge is 0.272 e. The van der Waals surface area contributed by atoms with E-state index in [0.29, 0.717) is 13.2 Å². The Labute approximate surface area is 99.7 Å². The molecule has 1 saturated heterocycles. The third-order valence-corrected chi connectivity index (χ3v) is 3.21. The molecule has 0 aromatic heterocycles. The molecule has 0 spiro atoms. The maximum absolute atomic E-state index is 10.9. The molecule has 0 saturated carbocycles. The first-order valence-electron chi connectivity index (χ1n) is 5.77. The number of hydrogen-bond donors (Lipinski definition) is 1. The summed E-state index contributed by atoms with van der Waals surface area (Å²) < 4.78 is 5.58. The Hall–Kier alpha value is -1.46. The molecule has 17 heavy (non-hydrogen) atoms. The summed E-state index contributed by atoms with van der Waals surface area (Å²) in [4.78, 5) is 10.6. The maximum atomic E-state index is 10.9. The summed E-state index contributed by atoms with van der Waals surface area (Å²) in [6.07, 6.45) is 1.87. The van der Waals surface area contributed by atoms with E-state index >= 15 is 0 Å². The summed E-state index contributed by atoms with van der Waals surface area (Å²) >= 11 is 0. The van der Waals surface area contributed by atoms with Crippen LogP contribution in [0.15, 0.2) is 24.3 Å². The van der Waals surface area contributed by atoms with Crippen molar-refractivity contribution >= 4 is 5.69 Å². The number of nitro benzene ring substituents is 1. The molecule has 0 bridgehead atoms. The molecule has 1 heterocycles. The average Bonchev–Trinajstić information content (AvgIpc) is 2.39. The molecule has 5 heteroatoms. The van der Waals surface area contributed by atoms with Gasteiger partial charge in [-0.1, -0.05) is 18.2 Å². The number of benzene rings is 1. The fourth-order valence-electron chi connectivity index (χ4n) is 2.24. The lowest BCUT2D eigenvalue weighted by atomic mass is 9.90. The zero-order valence-electron chi connectivity index (χ0n) is 9.54. The third kappa shape index (κ3) is 2.62. The molecule has 1 aromatic rings. The molecule has 2 rings (SSSR count). The van der Waals surface area contributed by atoms with Crippen LogP contribution in [0.4, 0.5) is 5.69 Å². The van der Waals surface area contributed by atoms with Crippen molar-refractivity contribution in [1.29, 1.82) is 0 Å². The molecule has 1 aliphatic rings. The minimum atomic E-state index is -0.329. The van der Waals surface area contributed by atoms with Crippen LogP contribution in [0.5, 0.6) is 0 Å². The Kier molecular flexibility index (Phi) is 3.71. The van der Waals surface area contributed by atoms with E-state index in [-0.39, 0.29) is 22.6 Å². The molecule has 2 unspecified atom stereocenters. The van der Waals surface area contributed by atoms with E-state index in [2.05, 4.69) is 0 Å². The second-order valence-electron chi connectivity index (χ2n) is 4.28. The summed E-state index contributed by atoms with van der Waals surface area (Å²) in [5, 5.41) is 10.9. The summed E-state index contributed by atoms with van der Waals surface area (Å²) in [5.74, 6) is 0.111. The van der Waals surface area contributed by atoms with E-state index in [1.54, 1.807) is 12.1 Å². The van der Waals surface area contributed by atoms with E-state index in [4.69, 9.17) is 10.5 Å². The van der Waals surface area contributed by atoms with Gasteiger partial charge >= 0.3 is 0 Å². The normalized spacial score (nSPS) is 24.5. The average molecular weight is 236 g/mol. The molecule has 0 amide bonds. The monoisotopic (exact) mass is 236 g/mol. The number of para-hydroxylation sites is 1. The highest BCUT2D eigenvalue weighted by Gasteiger charge is 2.26. The minimum absolute atomic E-state index is 0.106. The standard InChI is InChI=1S/C12H16N2O3/c13-7-10-6-5-9(8-17-10)11-3-1-2-4-12(11)14(15)16/h1-4,9-10H,5-8,13H2. The van der Waals surface area contributed by atoms with Crippen molar-refractivity contribution in [2.24, 2.45) is 5.73 Å². The number of nitrogens with two attached hydrogens (primary N) is 1. The van der Waals surface area contributed by atoms with Crippen molar-refractivity contribution in [1.82, 2.24) is 0 Å². The van der Waals surface area contributed by atoms with Gasteiger partial charge in [-0.25, -0.2) is 0 Å². The lowest BCUT2D eigenvalue weighted by Crippen LogP contribution is -2.31. The number of rotatable bonds is 3. The Morgan fingerprint density at radius 2 is 2.18 bits per heavy atom. The van der Waals surface area contributed by atoms with Gasteiger partial charge in [0.1, 0.15) is 0 Å². The van der Waals surface area contributed by atoms with Gasteiger partial charge in [0.25, 0.3) is 5.69 Å². The Bertz CT molecular complexity index is 400. The molecular weight excluding hydrogens is 220 g/mol. The topological polar surface area (TPSA) is 78.4 Å². The van der Waals surface area contributed by atoms with E-state index in [1.165, 1.54) is 0 Å². The lowest BCUT2D eigenvalue weighted by Gasteiger charge is -2.28. The summed E-state index contributed by atoms with van der Waals surface area (Å²) in [6.45, 7) is 1.04. The molecule has 1 aliphatic heterocycles. The van der Waals surface area contributed by atoms with E-state index in [1.807, 2.05) is 12.1 Å². The molecule has 0 aliphatic carbocycles. The summed E-state index contributed by atoms with van der Waals surface area (Å²) in [7, 11) is 0. The number of ether oxygens (including phenoxy) is 1. The fraction of sp³-hybridized carbons (Fsp3) is 0.500. The van der Waals surface area contributed by atoms with Crippen LogP contribution in [0.2, 0.25) is 0 Å². The van der Waals surface area contributed by atoms with Crippen molar-refractivity contribution < 1.29 is 9.66 Å². The maximum Gasteiger partial charge on any atom is 0.272 e. The van der Waals surface area contributed by atoms with Crippen LogP contribution in [0.1, 0.15) is 24.3 Å². The van der Waals surface area contributed by atoms with Gasteiger partial charge in [0.2, 0.25) is 0 Å². The SMILES string of the molecule is NCC1CCC(c2ccccc2[N+](=O)[O-])CO1. The van der Waals surface area contributed by atoms with Gasteiger partial charge in [-0.15, -0.1) is 0 Å². The number of nitro groups is 1. The lowest BCUT2D eigenvalue weighted by molar-refractivity contribution is -0.385. The molecule has 92 valence electrons. The van der Waals surface area contributed by atoms with Gasteiger partial charge in [0.05, 0.1) is 17.6 Å². The van der Waals surface area contributed by atoms with Crippen LogP contribution in [0.3, 0.4) is 0 Å². The predicted molar refractivity (Wildman–Crippen MR) is 63.9 cm³/mol. The first-order chi connectivity index (χ1) is 8.22. The molecule has 1 aromatic carbocycles. The van der Waals surface area contributed by atoms with Gasteiger partial charge in [0, 0.05) is 24.1 Å². The first-order valence-corrected chi connectivity index (χ1v) is 5.77. The third-order valence-electron chi connectivity index (χ3n) is 3.21. The van der Waals surface area contributed by atoms with Crippen molar-refractivity contribution in [3.05, 3.63) is 39.9 Å². The first kappa shape index (κ1) is 12.0. The van der Waals surface area contributed by atoms with Crippen LogP contribution in [-0.4, -0.2) is 24.2 Å². The van der Waals surface area contributed by atoms with Crippen LogP contribution in [-0.2, 0) is 4.74 Å². The Balaban J connectivity index is 2.15. The van der Waals surface area contributed by atoms with Crippen LogP contribution in [0.25, 0.3) is 0 Å². The van der Waals surface area contributed by atoms with Gasteiger partial charge in [0.15, 0.2) is 0 Å². The van der Waals surface area contributed by atoms with Gasteiger partial charge in [-0.3, -0.25) is 10.1 Å². The Morgan fingerprint density at radius 3 is 2.76 bits per heavy atom. The van der Waals surface area contributed by atoms with Crippen LogP contribution >= 0.6 is 0 Å². The minimum Gasteiger partial charge on any atom is -0.376 e.